The molecule has 10 heteroatoms. The molecule has 0 atom stereocenters. The van der Waals surface area contributed by atoms with Gasteiger partial charge in [0.2, 0.25) is 5.91 Å². The topological polar surface area (TPSA) is 141 Å². The quantitative estimate of drug-likeness (QED) is 0.554. The Hall–Kier alpha value is -2.20. The standard InChI is InChI=1S/C16H25N5O4S/c1-25-8-7-19-11(22)9-21(10-5-3-2-4-6-10)16(24)14-12(17)13(15(18)23)20-26-14/h10H,2-9,17H2,1H3,(H2,18,23)(H,19,22). The Labute approximate surface area is 156 Å². The Balaban J connectivity index is 2.18. The molecule has 1 saturated carbocycles. The van der Waals surface area contributed by atoms with Crippen LogP contribution in [0.4, 0.5) is 5.69 Å². The fraction of sp³-hybridized carbons (Fsp3) is 0.625. The van der Waals surface area contributed by atoms with Gasteiger partial charge in [0.1, 0.15) is 11.4 Å². The van der Waals surface area contributed by atoms with Gasteiger partial charge >= 0.3 is 0 Å². The van der Waals surface area contributed by atoms with Crippen molar-refractivity contribution in [1.82, 2.24) is 14.6 Å². The van der Waals surface area contributed by atoms with Gasteiger partial charge in [-0.05, 0) is 24.4 Å². The third-order valence-electron chi connectivity index (χ3n) is 4.37. The number of methoxy groups -OCH3 is 1. The summed E-state index contributed by atoms with van der Waals surface area (Å²) in [4.78, 5) is 38.3. The highest BCUT2D eigenvalue weighted by Crippen LogP contribution is 2.28. The minimum absolute atomic E-state index is 0.0203. The van der Waals surface area contributed by atoms with Crippen molar-refractivity contribution in [2.24, 2.45) is 5.73 Å². The van der Waals surface area contributed by atoms with Gasteiger partial charge in [0, 0.05) is 19.7 Å². The number of anilines is 1. The number of carbonyl (C=O) groups excluding carboxylic acids is 3. The lowest BCUT2D eigenvalue weighted by molar-refractivity contribution is -0.122. The van der Waals surface area contributed by atoms with Gasteiger partial charge in [-0.1, -0.05) is 19.3 Å². The fourth-order valence-electron chi connectivity index (χ4n) is 3.02. The van der Waals surface area contributed by atoms with Crippen molar-refractivity contribution < 1.29 is 19.1 Å². The Kier molecular flexibility index (Phi) is 7.34. The predicted molar refractivity (Wildman–Crippen MR) is 97.8 cm³/mol. The number of aromatic nitrogens is 1. The summed E-state index contributed by atoms with van der Waals surface area (Å²) in [6.45, 7) is 0.694. The van der Waals surface area contributed by atoms with Crippen LogP contribution in [0, 0.1) is 0 Å². The first-order valence-electron chi connectivity index (χ1n) is 8.57. The number of amides is 3. The van der Waals surface area contributed by atoms with Crippen LogP contribution >= 0.6 is 11.5 Å². The molecule has 1 fully saturated rings. The van der Waals surface area contributed by atoms with Crippen molar-refractivity contribution in [3.8, 4) is 0 Å². The first kappa shape index (κ1) is 20.1. The number of ether oxygens (including phenoxy) is 1. The van der Waals surface area contributed by atoms with Gasteiger partial charge < -0.3 is 26.4 Å². The van der Waals surface area contributed by atoms with Crippen LogP contribution in [-0.2, 0) is 9.53 Å². The van der Waals surface area contributed by atoms with Gasteiger partial charge in [-0.25, -0.2) is 0 Å². The minimum Gasteiger partial charge on any atom is -0.395 e. The van der Waals surface area contributed by atoms with Crippen LogP contribution in [0.5, 0.6) is 0 Å². The zero-order valence-electron chi connectivity index (χ0n) is 14.8. The van der Waals surface area contributed by atoms with E-state index in [2.05, 4.69) is 9.69 Å². The number of nitrogens with one attached hydrogen (secondary N) is 1. The zero-order chi connectivity index (χ0) is 19.1. The number of nitrogens with two attached hydrogens (primary N) is 2. The molecule has 0 spiro atoms. The number of primary amides is 1. The van der Waals surface area contributed by atoms with Crippen LogP contribution in [0.3, 0.4) is 0 Å². The highest BCUT2D eigenvalue weighted by molar-refractivity contribution is 7.09. The summed E-state index contributed by atoms with van der Waals surface area (Å²) in [7, 11) is 1.55. The zero-order valence-corrected chi connectivity index (χ0v) is 15.6. The SMILES string of the molecule is COCCNC(=O)CN(C(=O)c1snc(C(N)=O)c1N)C1CCCCC1. The molecule has 0 radical (unpaired) electrons. The molecular formula is C16H25N5O4S. The molecule has 1 aromatic rings. The van der Waals surface area contributed by atoms with E-state index in [1.54, 1.807) is 7.11 Å². The van der Waals surface area contributed by atoms with Gasteiger partial charge in [0.15, 0.2) is 5.69 Å². The lowest BCUT2D eigenvalue weighted by atomic mass is 9.94. The van der Waals surface area contributed by atoms with Crippen LogP contribution in [-0.4, -0.2) is 59.8 Å². The summed E-state index contributed by atoms with van der Waals surface area (Å²) in [5, 5.41) is 2.72. The maximum Gasteiger partial charge on any atom is 0.270 e. The van der Waals surface area contributed by atoms with Crippen LogP contribution < -0.4 is 16.8 Å². The van der Waals surface area contributed by atoms with E-state index < -0.39 is 5.91 Å². The molecule has 1 heterocycles. The molecule has 144 valence electrons. The number of hydrogen-bond acceptors (Lipinski definition) is 7. The molecule has 1 aliphatic carbocycles. The lowest BCUT2D eigenvalue weighted by Gasteiger charge is -2.33. The molecule has 0 aromatic carbocycles. The minimum atomic E-state index is -0.778. The molecule has 3 amide bonds. The summed E-state index contributed by atoms with van der Waals surface area (Å²) in [6, 6.07) is -0.0389. The molecule has 2 rings (SSSR count). The molecule has 0 aliphatic heterocycles. The Morgan fingerprint density at radius 3 is 2.58 bits per heavy atom. The van der Waals surface area contributed by atoms with E-state index in [9.17, 15) is 14.4 Å². The van der Waals surface area contributed by atoms with Crippen molar-refractivity contribution in [3.63, 3.8) is 0 Å². The molecule has 1 aromatic heterocycles. The van der Waals surface area contributed by atoms with E-state index in [0.717, 1.165) is 43.6 Å². The normalized spacial score (nSPS) is 14.8. The van der Waals surface area contributed by atoms with Gasteiger partial charge in [0.25, 0.3) is 11.8 Å². The van der Waals surface area contributed by atoms with Crippen molar-refractivity contribution in [2.45, 2.75) is 38.1 Å². The molecule has 9 nitrogen and oxygen atoms in total. The van der Waals surface area contributed by atoms with Gasteiger partial charge in [-0.15, -0.1) is 0 Å². The number of carbonyl (C=O) groups is 3. The van der Waals surface area contributed by atoms with Crippen LogP contribution in [0.25, 0.3) is 0 Å². The summed E-state index contributed by atoms with van der Waals surface area (Å²) >= 11 is 0.835. The highest BCUT2D eigenvalue weighted by Gasteiger charge is 2.31. The summed E-state index contributed by atoms with van der Waals surface area (Å²) in [6.07, 6.45) is 4.79. The summed E-state index contributed by atoms with van der Waals surface area (Å²) in [5.41, 5.74) is 11.0. The van der Waals surface area contributed by atoms with Crippen molar-refractivity contribution in [3.05, 3.63) is 10.6 Å². The smallest absolute Gasteiger partial charge is 0.270 e. The Morgan fingerprint density at radius 2 is 2.00 bits per heavy atom. The fourth-order valence-corrected chi connectivity index (χ4v) is 3.78. The Bertz CT molecular complexity index is 657. The van der Waals surface area contributed by atoms with E-state index in [-0.39, 0.29) is 40.7 Å². The predicted octanol–water partition coefficient (Wildman–Crippen LogP) is 0.362. The Morgan fingerprint density at radius 1 is 1.31 bits per heavy atom. The molecule has 1 aliphatic rings. The average Bonchev–Trinajstić information content (AvgIpc) is 3.02. The second-order valence-corrected chi connectivity index (χ2v) is 6.98. The largest absolute Gasteiger partial charge is 0.395 e. The first-order valence-corrected chi connectivity index (χ1v) is 9.34. The molecule has 5 N–H and O–H groups in total. The highest BCUT2D eigenvalue weighted by atomic mass is 32.1. The number of rotatable bonds is 8. The number of nitrogen functional groups attached to an aromatic ring is 1. The van der Waals surface area contributed by atoms with Gasteiger partial charge in [-0.3, -0.25) is 14.4 Å². The van der Waals surface area contributed by atoms with Crippen LogP contribution in [0.15, 0.2) is 0 Å². The van der Waals surface area contributed by atoms with E-state index >= 15 is 0 Å². The van der Waals surface area contributed by atoms with Gasteiger partial charge in [-0.2, -0.15) is 4.37 Å². The van der Waals surface area contributed by atoms with E-state index in [1.807, 2.05) is 0 Å². The average molecular weight is 383 g/mol. The van der Waals surface area contributed by atoms with Crippen molar-refractivity contribution in [1.29, 1.82) is 0 Å². The first-order chi connectivity index (χ1) is 12.5. The van der Waals surface area contributed by atoms with E-state index in [4.69, 9.17) is 16.2 Å². The van der Waals surface area contributed by atoms with E-state index in [0.29, 0.717) is 13.2 Å². The van der Waals surface area contributed by atoms with Crippen molar-refractivity contribution >= 4 is 34.9 Å². The maximum absolute atomic E-state index is 13.0. The third kappa shape index (κ3) is 4.92. The molecule has 26 heavy (non-hydrogen) atoms. The second kappa shape index (κ2) is 9.48. The van der Waals surface area contributed by atoms with E-state index in [1.165, 1.54) is 4.90 Å². The van der Waals surface area contributed by atoms with Crippen LogP contribution in [0.2, 0.25) is 0 Å². The van der Waals surface area contributed by atoms with Crippen LogP contribution in [0.1, 0.15) is 52.3 Å². The molecule has 0 unspecified atom stereocenters. The molecular weight excluding hydrogens is 358 g/mol. The van der Waals surface area contributed by atoms with Gasteiger partial charge in [0.05, 0.1) is 12.3 Å². The molecule has 0 bridgehead atoms. The third-order valence-corrected chi connectivity index (χ3v) is 5.23. The summed E-state index contributed by atoms with van der Waals surface area (Å²) < 4.78 is 8.79. The monoisotopic (exact) mass is 383 g/mol. The van der Waals surface area contributed by atoms with Crippen molar-refractivity contribution in [2.75, 3.05) is 32.5 Å². The second-order valence-electron chi connectivity index (χ2n) is 6.21. The number of hydrogen-bond donors (Lipinski definition) is 3. The summed E-state index contributed by atoms with van der Waals surface area (Å²) in [5.74, 6) is -1.43. The lowest BCUT2D eigenvalue weighted by Crippen LogP contribution is -2.47. The molecule has 0 saturated heterocycles. The number of nitrogens with zero attached hydrogens (tertiary/aromatic N) is 2. The maximum atomic E-state index is 13.0.